The molecule has 1 aliphatic carbocycles. The number of nitrogens with one attached hydrogen (secondary N) is 2. The Hall–Kier alpha value is -3.09. The lowest BCUT2D eigenvalue weighted by atomic mass is 10.1. The molecule has 1 aromatic heterocycles. The standard InChI is InChI=1S/C21H24N2O5/c1-4-27-20(25)16-12(2)17(22-13(16)3)21(26)28-18(14-8-6-5-7-9-14)19(24)23-15-10-11-15/h5-9,15,18,22H,4,10-11H2,1-3H3,(H,23,24)/t18-/m0/s1. The van der Waals surface area contributed by atoms with E-state index in [1.165, 1.54) is 0 Å². The first-order valence-corrected chi connectivity index (χ1v) is 9.35. The highest BCUT2D eigenvalue weighted by Gasteiger charge is 2.32. The van der Waals surface area contributed by atoms with Gasteiger partial charge in [0.2, 0.25) is 6.10 Å². The minimum absolute atomic E-state index is 0.140. The maximum atomic E-state index is 12.8. The quantitative estimate of drug-likeness (QED) is 0.715. The predicted molar refractivity (Wildman–Crippen MR) is 102 cm³/mol. The van der Waals surface area contributed by atoms with E-state index >= 15 is 0 Å². The molecule has 1 fully saturated rings. The van der Waals surface area contributed by atoms with Crippen LogP contribution in [0.5, 0.6) is 0 Å². The van der Waals surface area contributed by atoms with Gasteiger partial charge in [0.25, 0.3) is 5.91 Å². The van der Waals surface area contributed by atoms with E-state index < -0.39 is 18.0 Å². The molecule has 0 aliphatic heterocycles. The van der Waals surface area contributed by atoms with Gasteiger partial charge in [0.15, 0.2) is 0 Å². The van der Waals surface area contributed by atoms with Crippen molar-refractivity contribution in [2.75, 3.05) is 6.61 Å². The number of carbonyl (C=O) groups excluding carboxylic acids is 3. The molecule has 1 saturated carbocycles. The number of carbonyl (C=O) groups is 3. The summed E-state index contributed by atoms with van der Waals surface area (Å²) in [5.74, 6) is -1.55. The van der Waals surface area contributed by atoms with E-state index in [0.717, 1.165) is 12.8 Å². The van der Waals surface area contributed by atoms with E-state index in [4.69, 9.17) is 9.47 Å². The van der Waals surface area contributed by atoms with Gasteiger partial charge in [0.1, 0.15) is 5.69 Å². The SMILES string of the molecule is CCOC(=O)c1c(C)[nH]c(C(=O)O[C@H](C(=O)NC2CC2)c2ccccc2)c1C. The Morgan fingerprint density at radius 3 is 2.43 bits per heavy atom. The number of amides is 1. The summed E-state index contributed by atoms with van der Waals surface area (Å²) in [6, 6.07) is 9.00. The van der Waals surface area contributed by atoms with Crippen molar-refractivity contribution in [3.8, 4) is 0 Å². The lowest BCUT2D eigenvalue weighted by Gasteiger charge is -2.18. The maximum Gasteiger partial charge on any atom is 0.356 e. The molecule has 148 valence electrons. The number of rotatable bonds is 7. The topological polar surface area (TPSA) is 97.5 Å². The molecule has 0 radical (unpaired) electrons. The zero-order valence-corrected chi connectivity index (χ0v) is 16.2. The van der Waals surface area contributed by atoms with Crippen LogP contribution in [0.4, 0.5) is 0 Å². The highest BCUT2D eigenvalue weighted by molar-refractivity contribution is 5.99. The molecule has 2 aromatic rings. The Labute approximate surface area is 163 Å². The van der Waals surface area contributed by atoms with Gasteiger partial charge in [0, 0.05) is 17.3 Å². The number of aromatic nitrogens is 1. The van der Waals surface area contributed by atoms with E-state index in [1.807, 2.05) is 6.07 Å². The number of hydrogen-bond acceptors (Lipinski definition) is 5. The van der Waals surface area contributed by atoms with Crippen LogP contribution in [-0.2, 0) is 14.3 Å². The lowest BCUT2D eigenvalue weighted by molar-refractivity contribution is -0.130. The number of ether oxygens (including phenoxy) is 2. The molecule has 1 heterocycles. The second kappa shape index (κ2) is 8.29. The van der Waals surface area contributed by atoms with Crippen LogP contribution in [0.1, 0.15) is 63.5 Å². The summed E-state index contributed by atoms with van der Waals surface area (Å²) in [6.45, 7) is 5.28. The fraction of sp³-hybridized carbons (Fsp3) is 0.381. The summed E-state index contributed by atoms with van der Waals surface area (Å²) >= 11 is 0. The minimum atomic E-state index is -1.07. The minimum Gasteiger partial charge on any atom is -0.462 e. The Balaban J connectivity index is 1.85. The van der Waals surface area contributed by atoms with Gasteiger partial charge in [0.05, 0.1) is 12.2 Å². The van der Waals surface area contributed by atoms with Crippen LogP contribution in [-0.4, -0.2) is 35.5 Å². The van der Waals surface area contributed by atoms with E-state index in [2.05, 4.69) is 10.3 Å². The van der Waals surface area contributed by atoms with E-state index in [1.54, 1.807) is 45.0 Å². The van der Waals surface area contributed by atoms with Crippen LogP contribution in [0.15, 0.2) is 30.3 Å². The molecule has 0 spiro atoms. The van der Waals surface area contributed by atoms with Gasteiger partial charge in [-0.05, 0) is 39.2 Å². The number of aromatic amines is 1. The van der Waals surface area contributed by atoms with Crippen molar-refractivity contribution in [2.45, 2.75) is 45.8 Å². The first-order valence-electron chi connectivity index (χ1n) is 9.35. The first kappa shape index (κ1) is 19.7. The van der Waals surface area contributed by atoms with Crippen LogP contribution in [0.3, 0.4) is 0 Å². The zero-order valence-electron chi connectivity index (χ0n) is 16.2. The highest BCUT2D eigenvalue weighted by Crippen LogP contribution is 2.26. The van der Waals surface area contributed by atoms with Gasteiger partial charge in [-0.25, -0.2) is 9.59 Å². The number of H-pyrrole nitrogens is 1. The highest BCUT2D eigenvalue weighted by atomic mass is 16.5. The van der Waals surface area contributed by atoms with Crippen LogP contribution in [0.2, 0.25) is 0 Å². The fourth-order valence-electron chi connectivity index (χ4n) is 3.03. The van der Waals surface area contributed by atoms with Crippen LogP contribution >= 0.6 is 0 Å². The Morgan fingerprint density at radius 1 is 1.14 bits per heavy atom. The molecule has 7 nitrogen and oxygen atoms in total. The summed E-state index contributed by atoms with van der Waals surface area (Å²) in [5, 5.41) is 2.87. The van der Waals surface area contributed by atoms with Crippen molar-refractivity contribution in [1.82, 2.24) is 10.3 Å². The molecular formula is C21H24N2O5. The summed E-state index contributed by atoms with van der Waals surface area (Å²) in [4.78, 5) is 40.5. The number of aryl methyl sites for hydroxylation is 1. The monoisotopic (exact) mass is 384 g/mol. The van der Waals surface area contributed by atoms with E-state index in [9.17, 15) is 14.4 Å². The first-order chi connectivity index (χ1) is 13.4. The van der Waals surface area contributed by atoms with Crippen molar-refractivity contribution in [3.63, 3.8) is 0 Å². The second-order valence-electron chi connectivity index (χ2n) is 6.82. The average molecular weight is 384 g/mol. The van der Waals surface area contributed by atoms with Gasteiger partial charge >= 0.3 is 11.9 Å². The average Bonchev–Trinajstić information content (AvgIpc) is 3.43. The molecule has 0 saturated heterocycles. The van der Waals surface area contributed by atoms with E-state index in [0.29, 0.717) is 22.4 Å². The van der Waals surface area contributed by atoms with Crippen LogP contribution in [0, 0.1) is 13.8 Å². The zero-order chi connectivity index (χ0) is 20.3. The molecule has 1 aliphatic rings. The molecule has 1 aromatic carbocycles. The van der Waals surface area contributed by atoms with Crippen molar-refractivity contribution in [1.29, 1.82) is 0 Å². The summed E-state index contributed by atoms with van der Waals surface area (Å²) < 4.78 is 10.6. The van der Waals surface area contributed by atoms with Crippen molar-refractivity contribution in [2.24, 2.45) is 0 Å². The van der Waals surface area contributed by atoms with Crippen molar-refractivity contribution < 1.29 is 23.9 Å². The molecule has 3 rings (SSSR count). The molecule has 28 heavy (non-hydrogen) atoms. The third-order valence-corrected chi connectivity index (χ3v) is 4.61. The molecule has 7 heteroatoms. The molecule has 0 bridgehead atoms. The second-order valence-corrected chi connectivity index (χ2v) is 6.82. The third-order valence-electron chi connectivity index (χ3n) is 4.61. The third kappa shape index (κ3) is 4.24. The molecule has 2 N–H and O–H groups in total. The number of hydrogen-bond donors (Lipinski definition) is 2. The smallest absolute Gasteiger partial charge is 0.356 e. The molecular weight excluding hydrogens is 360 g/mol. The van der Waals surface area contributed by atoms with Gasteiger partial charge in [-0.1, -0.05) is 30.3 Å². The summed E-state index contributed by atoms with van der Waals surface area (Å²) in [7, 11) is 0. The number of benzene rings is 1. The molecule has 1 amide bonds. The predicted octanol–water partition coefficient (Wildman–Crippen LogP) is 2.98. The lowest BCUT2D eigenvalue weighted by Crippen LogP contribution is -2.33. The number of esters is 2. The van der Waals surface area contributed by atoms with Gasteiger partial charge < -0.3 is 19.8 Å². The van der Waals surface area contributed by atoms with Crippen molar-refractivity contribution >= 4 is 17.8 Å². The summed E-state index contributed by atoms with van der Waals surface area (Å²) in [6.07, 6.45) is 0.793. The van der Waals surface area contributed by atoms with Gasteiger partial charge in [-0.15, -0.1) is 0 Å². The van der Waals surface area contributed by atoms with Crippen LogP contribution in [0.25, 0.3) is 0 Å². The molecule has 0 unspecified atom stereocenters. The Morgan fingerprint density at radius 2 is 1.82 bits per heavy atom. The normalized spacial score (nSPS) is 14.2. The Bertz CT molecular complexity index is 884. The Kier molecular flexibility index (Phi) is 5.82. The summed E-state index contributed by atoms with van der Waals surface area (Å²) in [5.41, 5.74) is 1.99. The van der Waals surface area contributed by atoms with Gasteiger partial charge in [-0.3, -0.25) is 4.79 Å². The fourth-order valence-corrected chi connectivity index (χ4v) is 3.03. The van der Waals surface area contributed by atoms with Gasteiger partial charge in [-0.2, -0.15) is 0 Å². The van der Waals surface area contributed by atoms with E-state index in [-0.39, 0.29) is 24.2 Å². The largest absolute Gasteiger partial charge is 0.462 e. The maximum absolute atomic E-state index is 12.8. The molecule has 1 atom stereocenters. The van der Waals surface area contributed by atoms with Crippen molar-refractivity contribution in [3.05, 3.63) is 58.4 Å². The van der Waals surface area contributed by atoms with Crippen LogP contribution < -0.4 is 5.32 Å².